The van der Waals surface area contributed by atoms with Gasteiger partial charge in [0.05, 0.1) is 12.8 Å². The number of benzene rings is 1. The van der Waals surface area contributed by atoms with Crippen LogP contribution in [0.4, 0.5) is 0 Å². The Balaban J connectivity index is 0.00000180. The summed E-state index contributed by atoms with van der Waals surface area (Å²) in [6, 6.07) is 7.77. The molecule has 0 amide bonds. The predicted molar refractivity (Wildman–Crippen MR) is 79.5 cm³/mol. The number of carbonyl (C=O) groups is 1. The van der Waals surface area contributed by atoms with Crippen LogP contribution in [-0.2, 0) is 4.79 Å². The molecular formula is C15H16ClNO2. The topological polar surface area (TPSA) is 38.3 Å². The lowest BCUT2D eigenvalue weighted by Gasteiger charge is -2.08. The standard InChI is InChI=1S/C15H15NO2.ClH/c1-16-14-10-12(5-8-15(14)17)9-11-3-6-13(18-2)7-4-11;/h3-10,16H,1-2H3;1H. The third kappa shape index (κ3) is 3.73. The molecule has 0 saturated carbocycles. The largest absolute Gasteiger partial charge is 0.497 e. The van der Waals surface area contributed by atoms with E-state index in [9.17, 15) is 4.79 Å². The van der Waals surface area contributed by atoms with E-state index in [1.165, 1.54) is 0 Å². The van der Waals surface area contributed by atoms with Gasteiger partial charge in [0.2, 0.25) is 5.78 Å². The fourth-order valence-corrected chi connectivity index (χ4v) is 1.73. The molecule has 2 rings (SSSR count). The molecule has 0 aliphatic heterocycles. The monoisotopic (exact) mass is 277 g/mol. The molecule has 0 saturated heterocycles. The van der Waals surface area contributed by atoms with Gasteiger partial charge < -0.3 is 10.1 Å². The number of nitrogens with one attached hydrogen (secondary N) is 1. The van der Waals surface area contributed by atoms with Crippen molar-refractivity contribution >= 4 is 24.3 Å². The molecule has 0 unspecified atom stereocenters. The maximum Gasteiger partial charge on any atom is 0.201 e. The highest BCUT2D eigenvalue weighted by atomic mass is 35.5. The van der Waals surface area contributed by atoms with E-state index in [0.29, 0.717) is 5.70 Å². The number of halogens is 1. The molecule has 0 radical (unpaired) electrons. The van der Waals surface area contributed by atoms with E-state index >= 15 is 0 Å². The van der Waals surface area contributed by atoms with Crippen molar-refractivity contribution in [1.82, 2.24) is 5.32 Å². The molecule has 0 heterocycles. The minimum absolute atomic E-state index is 0. The summed E-state index contributed by atoms with van der Waals surface area (Å²) in [5.74, 6) is 0.836. The van der Waals surface area contributed by atoms with Crippen molar-refractivity contribution in [2.45, 2.75) is 0 Å². The Labute approximate surface area is 119 Å². The molecule has 4 heteroatoms. The summed E-state index contributed by atoms with van der Waals surface area (Å²) < 4.78 is 5.11. The molecule has 1 aromatic rings. The van der Waals surface area contributed by atoms with Gasteiger partial charge in [-0.05, 0) is 41.5 Å². The number of methoxy groups -OCH3 is 1. The number of ketones is 1. The molecular weight excluding hydrogens is 262 g/mol. The van der Waals surface area contributed by atoms with Gasteiger partial charge in [-0.15, -0.1) is 12.4 Å². The molecule has 0 aromatic heterocycles. The molecule has 1 aromatic carbocycles. The normalized spacial score (nSPS) is 15.8. The highest BCUT2D eigenvalue weighted by Gasteiger charge is 2.08. The second-order valence-corrected chi connectivity index (χ2v) is 3.92. The molecule has 1 aliphatic carbocycles. The minimum atomic E-state index is 0. The van der Waals surface area contributed by atoms with Gasteiger partial charge >= 0.3 is 0 Å². The maximum absolute atomic E-state index is 11.4. The van der Waals surface area contributed by atoms with E-state index in [-0.39, 0.29) is 18.2 Å². The summed E-state index contributed by atoms with van der Waals surface area (Å²) in [5, 5.41) is 2.89. The summed E-state index contributed by atoms with van der Waals surface area (Å²) in [6.45, 7) is 0. The van der Waals surface area contributed by atoms with E-state index in [1.54, 1.807) is 20.2 Å². The second-order valence-electron chi connectivity index (χ2n) is 3.92. The van der Waals surface area contributed by atoms with Crippen LogP contribution in [0.3, 0.4) is 0 Å². The van der Waals surface area contributed by atoms with Crippen molar-refractivity contribution in [3.63, 3.8) is 0 Å². The van der Waals surface area contributed by atoms with Crippen molar-refractivity contribution in [3.8, 4) is 5.75 Å². The molecule has 0 fully saturated rings. The smallest absolute Gasteiger partial charge is 0.201 e. The lowest BCUT2D eigenvalue weighted by atomic mass is 10.0. The maximum atomic E-state index is 11.4. The fourth-order valence-electron chi connectivity index (χ4n) is 1.73. The predicted octanol–water partition coefficient (Wildman–Crippen LogP) is 2.74. The highest BCUT2D eigenvalue weighted by Crippen LogP contribution is 2.17. The lowest BCUT2D eigenvalue weighted by Crippen LogP contribution is -2.16. The first kappa shape index (κ1) is 15.1. The van der Waals surface area contributed by atoms with Gasteiger partial charge in [-0.1, -0.05) is 18.2 Å². The van der Waals surface area contributed by atoms with Crippen LogP contribution in [0.25, 0.3) is 6.08 Å². The number of rotatable bonds is 3. The van der Waals surface area contributed by atoms with Crippen LogP contribution < -0.4 is 10.1 Å². The van der Waals surface area contributed by atoms with Crippen molar-refractivity contribution in [2.24, 2.45) is 0 Å². The van der Waals surface area contributed by atoms with Crippen LogP contribution in [-0.4, -0.2) is 19.9 Å². The first-order valence-corrected chi connectivity index (χ1v) is 5.70. The zero-order chi connectivity index (χ0) is 13.0. The van der Waals surface area contributed by atoms with Gasteiger partial charge in [-0.2, -0.15) is 0 Å². The third-order valence-corrected chi connectivity index (χ3v) is 2.72. The Hall–Kier alpha value is -2.00. The summed E-state index contributed by atoms with van der Waals surface area (Å²) >= 11 is 0. The molecule has 1 aliphatic rings. The van der Waals surface area contributed by atoms with Crippen molar-refractivity contribution in [3.05, 3.63) is 59.3 Å². The SMILES string of the molecule is CNC1=CC(=Cc2ccc(OC)cc2)C=CC1=O.Cl. The molecule has 100 valence electrons. The van der Waals surface area contributed by atoms with Gasteiger partial charge in [0.1, 0.15) is 5.75 Å². The zero-order valence-corrected chi connectivity index (χ0v) is 11.7. The fraction of sp³-hybridized carbons (Fsp3) is 0.133. The zero-order valence-electron chi connectivity index (χ0n) is 10.8. The number of allylic oxidation sites excluding steroid dienone is 4. The summed E-state index contributed by atoms with van der Waals surface area (Å²) in [4.78, 5) is 11.4. The van der Waals surface area contributed by atoms with Gasteiger partial charge in [0.25, 0.3) is 0 Å². The number of ether oxygens (including phenoxy) is 1. The number of likely N-dealkylation sites (N-methyl/N-ethyl adjacent to an activating group) is 1. The average Bonchev–Trinajstić information content (AvgIpc) is 2.42. The van der Waals surface area contributed by atoms with Crippen LogP contribution >= 0.6 is 12.4 Å². The van der Waals surface area contributed by atoms with Gasteiger partial charge in [0, 0.05) is 7.05 Å². The van der Waals surface area contributed by atoms with Crippen molar-refractivity contribution < 1.29 is 9.53 Å². The number of carbonyl (C=O) groups excluding carboxylic acids is 1. The first-order valence-electron chi connectivity index (χ1n) is 5.70. The van der Waals surface area contributed by atoms with Crippen LogP contribution in [0.1, 0.15) is 5.56 Å². The quantitative estimate of drug-likeness (QED) is 0.923. The van der Waals surface area contributed by atoms with E-state index in [1.807, 2.05) is 42.5 Å². The number of hydrogen-bond acceptors (Lipinski definition) is 3. The van der Waals surface area contributed by atoms with Gasteiger partial charge in [0.15, 0.2) is 0 Å². The Morgan fingerprint density at radius 3 is 2.42 bits per heavy atom. The Kier molecular flexibility index (Phi) is 5.39. The summed E-state index contributed by atoms with van der Waals surface area (Å²) in [5.41, 5.74) is 2.66. The van der Waals surface area contributed by atoms with Crippen LogP contribution in [0, 0.1) is 0 Å². The molecule has 19 heavy (non-hydrogen) atoms. The third-order valence-electron chi connectivity index (χ3n) is 2.72. The summed E-state index contributed by atoms with van der Waals surface area (Å²) in [6.07, 6.45) is 7.24. The van der Waals surface area contributed by atoms with Gasteiger partial charge in [-0.25, -0.2) is 0 Å². The number of hydrogen-bond donors (Lipinski definition) is 1. The van der Waals surface area contributed by atoms with E-state index < -0.39 is 0 Å². The Morgan fingerprint density at radius 1 is 1.16 bits per heavy atom. The van der Waals surface area contributed by atoms with Gasteiger partial charge in [-0.3, -0.25) is 4.79 Å². The molecule has 3 nitrogen and oxygen atoms in total. The highest BCUT2D eigenvalue weighted by molar-refractivity contribution is 6.06. The van der Waals surface area contributed by atoms with E-state index in [0.717, 1.165) is 16.9 Å². The minimum Gasteiger partial charge on any atom is -0.497 e. The van der Waals surface area contributed by atoms with E-state index in [2.05, 4.69) is 5.32 Å². The molecule has 1 N–H and O–H groups in total. The average molecular weight is 278 g/mol. The Morgan fingerprint density at radius 2 is 1.84 bits per heavy atom. The lowest BCUT2D eigenvalue weighted by molar-refractivity contribution is -0.111. The summed E-state index contributed by atoms with van der Waals surface area (Å²) in [7, 11) is 3.39. The molecule has 0 spiro atoms. The van der Waals surface area contributed by atoms with Crippen LogP contribution in [0.2, 0.25) is 0 Å². The van der Waals surface area contributed by atoms with E-state index in [4.69, 9.17) is 4.74 Å². The van der Waals surface area contributed by atoms with Crippen molar-refractivity contribution in [1.29, 1.82) is 0 Å². The van der Waals surface area contributed by atoms with Crippen LogP contribution in [0.5, 0.6) is 5.75 Å². The molecule has 0 atom stereocenters. The first-order chi connectivity index (χ1) is 8.72. The Bertz CT molecular complexity index is 542. The molecule has 0 bridgehead atoms. The van der Waals surface area contributed by atoms with Crippen LogP contribution in [0.15, 0.2) is 53.8 Å². The van der Waals surface area contributed by atoms with Crippen molar-refractivity contribution in [2.75, 3.05) is 14.2 Å². The second kappa shape index (κ2) is 6.81.